The van der Waals surface area contributed by atoms with Crippen molar-refractivity contribution < 1.29 is 14.5 Å². The van der Waals surface area contributed by atoms with Gasteiger partial charge < -0.3 is 4.89 Å². The molecule has 1 rings (SSSR count). The van der Waals surface area contributed by atoms with Gasteiger partial charge in [0.2, 0.25) is 0 Å². The molecule has 0 amide bonds. The topological polar surface area (TPSA) is 29.5 Å². The van der Waals surface area contributed by atoms with Crippen LogP contribution < -0.4 is 4.89 Å². The van der Waals surface area contributed by atoms with Crippen molar-refractivity contribution in [3.8, 4) is 5.75 Å². The van der Waals surface area contributed by atoms with Gasteiger partial charge >= 0.3 is 0 Å². The maximum atomic E-state index is 12.2. The molecule has 0 spiro atoms. The van der Waals surface area contributed by atoms with E-state index >= 15 is 0 Å². The molecule has 0 unspecified atom stereocenters. The van der Waals surface area contributed by atoms with Crippen LogP contribution >= 0.6 is 0 Å². The van der Waals surface area contributed by atoms with Gasteiger partial charge in [-0.05, 0) is 12.1 Å². The molecule has 0 aromatic heterocycles. The van der Waals surface area contributed by atoms with E-state index in [4.69, 9.17) is 5.26 Å². The van der Waals surface area contributed by atoms with E-state index in [-0.39, 0.29) is 5.75 Å². The van der Waals surface area contributed by atoms with E-state index in [1.54, 1.807) is 0 Å². The third kappa shape index (κ3) is 1.40. The van der Waals surface area contributed by atoms with Crippen molar-refractivity contribution in [2.45, 2.75) is 0 Å². The molecule has 0 fully saturated rings. The maximum absolute atomic E-state index is 12.2. The summed E-state index contributed by atoms with van der Waals surface area (Å²) < 4.78 is 12.2. The molecule has 0 aliphatic carbocycles. The smallest absolute Gasteiger partial charge is 0.168 e. The Labute approximate surface area is 51.4 Å². The molecule has 0 saturated carbocycles. The monoisotopic (exact) mass is 128 g/mol. The van der Waals surface area contributed by atoms with Gasteiger partial charge in [0.1, 0.15) is 5.82 Å². The highest BCUT2D eigenvalue weighted by Gasteiger charge is 1.91. The third-order valence-corrected chi connectivity index (χ3v) is 0.901. The quantitative estimate of drug-likeness (QED) is 0.460. The number of benzene rings is 1. The lowest BCUT2D eigenvalue weighted by atomic mass is 10.3. The summed E-state index contributed by atoms with van der Waals surface area (Å²) in [5.41, 5.74) is 0. The zero-order valence-corrected chi connectivity index (χ0v) is 4.54. The zero-order chi connectivity index (χ0) is 6.69. The van der Waals surface area contributed by atoms with Crippen molar-refractivity contribution in [3.05, 3.63) is 30.1 Å². The van der Waals surface area contributed by atoms with Crippen molar-refractivity contribution >= 4 is 0 Å². The van der Waals surface area contributed by atoms with Gasteiger partial charge in [-0.25, -0.2) is 9.65 Å². The van der Waals surface area contributed by atoms with Crippen molar-refractivity contribution in [1.82, 2.24) is 0 Å². The first-order chi connectivity index (χ1) is 4.33. The molecule has 0 aliphatic heterocycles. The Hall–Kier alpha value is -1.09. The second kappa shape index (κ2) is 2.46. The number of halogens is 1. The Morgan fingerprint density at radius 2 is 2.22 bits per heavy atom. The summed E-state index contributed by atoms with van der Waals surface area (Å²) in [6, 6.07) is 5.24. The molecule has 1 aromatic rings. The maximum Gasteiger partial charge on any atom is 0.168 e. The molecule has 2 nitrogen and oxygen atoms in total. The van der Waals surface area contributed by atoms with Gasteiger partial charge in [0.25, 0.3) is 0 Å². The molecule has 0 radical (unpaired) electrons. The summed E-state index contributed by atoms with van der Waals surface area (Å²) >= 11 is 0. The molecule has 0 atom stereocenters. The minimum Gasteiger partial charge on any atom is -0.340 e. The Bertz CT molecular complexity index is 200. The van der Waals surface area contributed by atoms with Crippen LogP contribution in [0.1, 0.15) is 0 Å². The van der Waals surface area contributed by atoms with E-state index in [2.05, 4.69) is 4.89 Å². The lowest BCUT2D eigenvalue weighted by molar-refractivity contribution is -0.137. The highest BCUT2D eigenvalue weighted by Crippen LogP contribution is 2.09. The summed E-state index contributed by atoms with van der Waals surface area (Å²) in [4.78, 5) is 3.76. The van der Waals surface area contributed by atoms with E-state index in [0.29, 0.717) is 0 Å². The van der Waals surface area contributed by atoms with Gasteiger partial charge in [-0.15, -0.1) is 0 Å². The van der Waals surface area contributed by atoms with E-state index < -0.39 is 5.82 Å². The highest BCUT2D eigenvalue weighted by molar-refractivity contribution is 5.21. The normalized spacial score (nSPS) is 9.11. The minimum atomic E-state index is -0.429. The third-order valence-electron chi connectivity index (χ3n) is 0.901. The van der Waals surface area contributed by atoms with Crippen LogP contribution in [0.4, 0.5) is 4.39 Å². The molecular weight excluding hydrogens is 123 g/mol. The van der Waals surface area contributed by atoms with Crippen LogP contribution in [0.25, 0.3) is 0 Å². The molecular formula is C6H5FO2. The molecule has 0 heterocycles. The lowest BCUT2D eigenvalue weighted by Crippen LogP contribution is -1.82. The number of rotatable bonds is 1. The van der Waals surface area contributed by atoms with Crippen LogP contribution in [0.2, 0.25) is 0 Å². The lowest BCUT2D eigenvalue weighted by Gasteiger charge is -1.92. The van der Waals surface area contributed by atoms with Crippen LogP contribution in [-0.2, 0) is 0 Å². The number of hydrogen-bond acceptors (Lipinski definition) is 2. The first-order valence-corrected chi connectivity index (χ1v) is 2.40. The fraction of sp³-hybridized carbons (Fsp3) is 0. The summed E-state index contributed by atoms with van der Waals surface area (Å²) in [7, 11) is 0. The second-order valence-electron chi connectivity index (χ2n) is 1.55. The summed E-state index contributed by atoms with van der Waals surface area (Å²) in [6.07, 6.45) is 0. The largest absolute Gasteiger partial charge is 0.340 e. The van der Waals surface area contributed by atoms with Crippen LogP contribution in [0.5, 0.6) is 5.75 Å². The van der Waals surface area contributed by atoms with Crippen LogP contribution in [0, 0.1) is 5.82 Å². The molecule has 9 heavy (non-hydrogen) atoms. The first-order valence-electron chi connectivity index (χ1n) is 2.40. The fourth-order valence-electron chi connectivity index (χ4n) is 0.524. The van der Waals surface area contributed by atoms with E-state index in [9.17, 15) is 4.39 Å². The molecule has 0 saturated heterocycles. The zero-order valence-electron chi connectivity index (χ0n) is 4.54. The standard InChI is InChI=1S/C6H5FO2/c7-5-2-1-3-6(4-5)9-8/h1-4,8H. The van der Waals surface area contributed by atoms with Crippen LogP contribution in [0.3, 0.4) is 0 Å². The molecule has 1 aromatic carbocycles. The average Bonchev–Trinajstić information content (AvgIpc) is 1.88. The Morgan fingerprint density at radius 3 is 2.67 bits per heavy atom. The average molecular weight is 128 g/mol. The molecule has 1 N–H and O–H groups in total. The minimum absolute atomic E-state index is 0.106. The van der Waals surface area contributed by atoms with Crippen molar-refractivity contribution in [2.24, 2.45) is 0 Å². The molecule has 0 bridgehead atoms. The molecule has 48 valence electrons. The highest BCUT2D eigenvalue weighted by atomic mass is 19.1. The predicted octanol–water partition coefficient (Wildman–Crippen LogP) is 1.68. The van der Waals surface area contributed by atoms with Gasteiger partial charge in [0.05, 0.1) is 0 Å². The van der Waals surface area contributed by atoms with Crippen molar-refractivity contribution in [1.29, 1.82) is 0 Å². The summed E-state index contributed by atoms with van der Waals surface area (Å²) in [5.74, 6) is -0.323. The second-order valence-corrected chi connectivity index (χ2v) is 1.55. The predicted molar refractivity (Wildman–Crippen MR) is 29.7 cm³/mol. The number of hydrogen-bond donors (Lipinski definition) is 1. The summed E-state index contributed by atoms with van der Waals surface area (Å²) in [5, 5.41) is 8.00. The van der Waals surface area contributed by atoms with Crippen molar-refractivity contribution in [2.75, 3.05) is 0 Å². The van der Waals surface area contributed by atoms with Gasteiger partial charge in [-0.1, -0.05) is 6.07 Å². The summed E-state index contributed by atoms with van der Waals surface area (Å²) in [6.45, 7) is 0. The van der Waals surface area contributed by atoms with Gasteiger partial charge in [-0.2, -0.15) is 0 Å². The van der Waals surface area contributed by atoms with Crippen LogP contribution in [-0.4, -0.2) is 5.26 Å². The van der Waals surface area contributed by atoms with Crippen molar-refractivity contribution in [3.63, 3.8) is 0 Å². The Balaban J connectivity index is 2.94. The van der Waals surface area contributed by atoms with E-state index in [0.717, 1.165) is 6.07 Å². The van der Waals surface area contributed by atoms with Crippen LogP contribution in [0.15, 0.2) is 24.3 Å². The van der Waals surface area contributed by atoms with Gasteiger partial charge in [0, 0.05) is 6.07 Å². The van der Waals surface area contributed by atoms with Gasteiger partial charge in [0.15, 0.2) is 5.75 Å². The Morgan fingerprint density at radius 1 is 1.44 bits per heavy atom. The van der Waals surface area contributed by atoms with E-state index in [1.165, 1.54) is 18.2 Å². The fourth-order valence-corrected chi connectivity index (χ4v) is 0.524. The van der Waals surface area contributed by atoms with Gasteiger partial charge in [-0.3, -0.25) is 0 Å². The first kappa shape index (κ1) is 6.04. The Kier molecular flexibility index (Phi) is 1.65. The SMILES string of the molecule is OOc1cccc(F)c1. The molecule has 0 aliphatic rings. The molecule has 3 heteroatoms. The van der Waals surface area contributed by atoms with E-state index in [1.807, 2.05) is 0 Å².